The van der Waals surface area contributed by atoms with Crippen LogP contribution in [0.25, 0.3) is 5.57 Å². The van der Waals surface area contributed by atoms with Gasteiger partial charge < -0.3 is 65.7 Å². The summed E-state index contributed by atoms with van der Waals surface area (Å²) in [7, 11) is 4.54. The Morgan fingerprint density at radius 2 is 0.690 bits per heavy atom. The van der Waals surface area contributed by atoms with Gasteiger partial charge in [-0.05, 0) is 99.7 Å². The normalized spacial score (nSPS) is 11.1. The number of nitrogens with zero attached hydrogens (tertiary/aromatic N) is 2. The molecule has 0 aliphatic carbocycles. The Morgan fingerprint density at radius 1 is 0.405 bits per heavy atom. The molecule has 0 saturated heterocycles. The molecular weight excluding hydrogens is 1090 g/mol. The third-order valence-electron chi connectivity index (χ3n) is 13.5. The van der Waals surface area contributed by atoms with Gasteiger partial charge in [-0.25, -0.2) is 4.79 Å². The highest BCUT2D eigenvalue weighted by Crippen LogP contribution is 2.31. The van der Waals surface area contributed by atoms with Crippen LogP contribution in [0, 0.1) is 0 Å². The van der Waals surface area contributed by atoms with Crippen LogP contribution in [0.2, 0.25) is 0 Å². The zero-order valence-corrected chi connectivity index (χ0v) is 48.1. The monoisotopic (exact) mass is 1170 g/mol. The number of para-hydroxylation sites is 4. The van der Waals surface area contributed by atoms with Gasteiger partial charge in [-0.1, -0.05) is 36.9 Å². The molecule has 4 amide bonds. The molecule has 0 radical (unpaired) electrons. The molecule has 4 aromatic rings. The molecule has 0 aliphatic rings. The van der Waals surface area contributed by atoms with Crippen LogP contribution < -0.4 is 21.3 Å². The van der Waals surface area contributed by atoms with Gasteiger partial charge in [0.05, 0.1) is 38.9 Å². The first kappa shape index (κ1) is 68.4. The van der Waals surface area contributed by atoms with Crippen molar-refractivity contribution in [3.8, 4) is 23.0 Å². The van der Waals surface area contributed by atoms with Crippen LogP contribution in [0.1, 0.15) is 136 Å². The maximum absolute atomic E-state index is 13.6. The zero-order valence-electron chi connectivity index (χ0n) is 48.1. The Bertz CT molecular complexity index is 2790. The highest BCUT2D eigenvalue weighted by molar-refractivity contribution is 6.06. The van der Waals surface area contributed by atoms with Gasteiger partial charge >= 0.3 is 5.97 Å². The molecule has 0 fully saturated rings. The minimum Gasteiger partial charge on any atom is -0.506 e. The fraction of sp³-hybridized carbons (Fsp3) is 0.443. The summed E-state index contributed by atoms with van der Waals surface area (Å²) >= 11 is 0. The van der Waals surface area contributed by atoms with Gasteiger partial charge in [-0.2, -0.15) is 0 Å². The fourth-order valence-electron chi connectivity index (χ4n) is 8.96. The lowest BCUT2D eigenvalue weighted by molar-refractivity contribution is -0.142. The predicted molar refractivity (Wildman–Crippen MR) is 312 cm³/mol. The first-order chi connectivity index (χ1) is 40.4. The molecule has 0 heterocycles. The van der Waals surface area contributed by atoms with E-state index in [0.29, 0.717) is 82.6 Å². The van der Waals surface area contributed by atoms with E-state index < -0.39 is 53.5 Å². The number of aliphatic carboxylic acids is 1. The molecule has 4 aromatic carbocycles. The van der Waals surface area contributed by atoms with Gasteiger partial charge in [0.15, 0.2) is 17.3 Å². The number of ketones is 3. The number of benzene rings is 4. The minimum atomic E-state index is -1.10. The quantitative estimate of drug-likeness (QED) is 0.0202. The second-order valence-electron chi connectivity index (χ2n) is 19.6. The van der Waals surface area contributed by atoms with Crippen LogP contribution in [-0.4, -0.2) is 202 Å². The average molecular weight is 1170 g/mol. The number of aromatic hydroxyl groups is 4. The largest absolute Gasteiger partial charge is 0.506 e. The Morgan fingerprint density at radius 3 is 1.00 bits per heavy atom. The third-order valence-corrected chi connectivity index (χ3v) is 13.5. The van der Waals surface area contributed by atoms with Gasteiger partial charge in [-0.3, -0.25) is 43.4 Å². The molecule has 23 nitrogen and oxygen atoms in total. The van der Waals surface area contributed by atoms with Gasteiger partial charge in [0.25, 0.3) is 23.6 Å². The number of methoxy groups -OCH3 is 3. The lowest BCUT2D eigenvalue weighted by Crippen LogP contribution is -2.42. The van der Waals surface area contributed by atoms with Gasteiger partial charge in [0, 0.05) is 125 Å². The van der Waals surface area contributed by atoms with Gasteiger partial charge in [-0.15, -0.1) is 0 Å². The zero-order chi connectivity index (χ0) is 61.4. The summed E-state index contributed by atoms with van der Waals surface area (Å²) in [6.45, 7) is 6.68. The molecule has 456 valence electrons. The first-order valence-corrected chi connectivity index (χ1v) is 27.8. The van der Waals surface area contributed by atoms with Crippen molar-refractivity contribution in [2.75, 3.05) is 120 Å². The van der Waals surface area contributed by atoms with Crippen molar-refractivity contribution < 1.29 is 82.8 Å². The summed E-state index contributed by atoms with van der Waals surface area (Å²) in [6.07, 6.45) is 2.81. The standard InChI is InChI=1S/C61H80N6O17/c1-41(14-9-39-84-40-53(71)72)42-15-5-19-46(54(42)73)58(77)62-26-32-66(33-27-63-59(78)47-20-6-16-43(55(47)74)50(68)23-10-36-81-2)30-13-31-67(34-28-64-60(79)48-21-7-17-44(56(48)75)51(69)24-11-37-82-3)35-29-65-61(80)49-22-8-18-45(57(49)76)52(70)25-12-38-83-4/h5-8,15-22,73-76H,1,9-14,23-40H2,2-4H3,(H,62,77)(H,63,78)(H,64,79)(H,65,80)(H,71,72). The number of carboxylic acid groups (broad SMARTS) is 1. The molecule has 0 bridgehead atoms. The molecule has 0 aliphatic heterocycles. The molecule has 23 heteroatoms. The summed E-state index contributed by atoms with van der Waals surface area (Å²) in [4.78, 5) is 107. The lowest BCUT2D eigenvalue weighted by Gasteiger charge is -2.26. The highest BCUT2D eigenvalue weighted by atomic mass is 16.5. The molecule has 4 rings (SSSR count). The number of phenolic OH excluding ortho intramolecular Hbond substituents is 4. The molecule has 84 heavy (non-hydrogen) atoms. The lowest BCUT2D eigenvalue weighted by atomic mass is 9.99. The summed E-state index contributed by atoms with van der Waals surface area (Å²) in [5.41, 5.74) is 0.574. The van der Waals surface area contributed by atoms with E-state index in [1.807, 2.05) is 9.80 Å². The summed E-state index contributed by atoms with van der Waals surface area (Å²) < 4.78 is 20.2. The van der Waals surface area contributed by atoms with Crippen LogP contribution >= 0.6 is 0 Å². The van der Waals surface area contributed by atoms with E-state index in [-0.39, 0.29) is 140 Å². The van der Waals surface area contributed by atoms with E-state index in [4.69, 9.17) is 24.1 Å². The molecule has 9 N–H and O–H groups in total. The van der Waals surface area contributed by atoms with Crippen molar-refractivity contribution in [1.82, 2.24) is 31.1 Å². The van der Waals surface area contributed by atoms with Crippen molar-refractivity contribution in [2.24, 2.45) is 0 Å². The van der Waals surface area contributed by atoms with E-state index in [9.17, 15) is 58.8 Å². The summed E-state index contributed by atoms with van der Waals surface area (Å²) in [5.74, 6) is -6.26. The number of nitrogens with one attached hydrogen (secondary N) is 4. The number of ether oxygens (including phenoxy) is 4. The number of hydrogen-bond donors (Lipinski definition) is 9. The third kappa shape index (κ3) is 22.3. The number of phenols is 4. The Balaban J connectivity index is 1.51. The number of rotatable bonds is 42. The molecule has 0 aromatic heterocycles. The van der Waals surface area contributed by atoms with Crippen LogP contribution in [-0.2, 0) is 23.7 Å². The average Bonchev–Trinajstić information content (AvgIpc) is 3.40. The predicted octanol–water partition coefficient (Wildman–Crippen LogP) is 5.25. The summed E-state index contributed by atoms with van der Waals surface area (Å²) in [6, 6.07) is 17.7. The molecule has 0 unspecified atom stereocenters. The van der Waals surface area contributed by atoms with Crippen molar-refractivity contribution in [2.45, 2.75) is 57.8 Å². The minimum absolute atomic E-state index is 0.00434. The van der Waals surface area contributed by atoms with E-state index >= 15 is 0 Å². The number of allylic oxidation sites excluding steroid dienone is 1. The van der Waals surface area contributed by atoms with E-state index in [2.05, 4.69) is 27.8 Å². The van der Waals surface area contributed by atoms with Crippen molar-refractivity contribution in [3.05, 3.63) is 124 Å². The Kier molecular flexibility index (Phi) is 30.3. The van der Waals surface area contributed by atoms with Crippen molar-refractivity contribution in [1.29, 1.82) is 0 Å². The maximum Gasteiger partial charge on any atom is 0.329 e. The molecule has 0 spiro atoms. The maximum atomic E-state index is 13.6. The van der Waals surface area contributed by atoms with Crippen molar-refractivity contribution >= 4 is 52.5 Å². The van der Waals surface area contributed by atoms with E-state index in [0.717, 1.165) is 0 Å². The number of Topliss-reactive ketones (excluding diaryl/α,β-unsaturated/α-hetero) is 3. The Hall–Kier alpha value is -8.06. The fourth-order valence-corrected chi connectivity index (χ4v) is 8.96. The number of carboxylic acids is 1. The topological polar surface area (TPSA) is 329 Å². The van der Waals surface area contributed by atoms with Gasteiger partial charge in [0.1, 0.15) is 29.6 Å². The van der Waals surface area contributed by atoms with E-state index in [1.54, 1.807) is 12.1 Å². The van der Waals surface area contributed by atoms with Crippen LogP contribution in [0.15, 0.2) is 79.4 Å². The number of carbonyl (C=O) groups excluding carboxylic acids is 7. The van der Waals surface area contributed by atoms with E-state index in [1.165, 1.54) is 82.0 Å². The number of hydrogen-bond acceptors (Lipinski definition) is 18. The Labute approximate surface area is 489 Å². The molecular formula is C61H80N6O17. The second kappa shape index (κ2) is 37.2. The second-order valence-corrected chi connectivity index (χ2v) is 19.6. The highest BCUT2D eigenvalue weighted by Gasteiger charge is 2.23. The number of carbonyl (C=O) groups is 8. The smallest absolute Gasteiger partial charge is 0.329 e. The van der Waals surface area contributed by atoms with Crippen LogP contribution in [0.3, 0.4) is 0 Å². The molecule has 0 saturated carbocycles. The first-order valence-electron chi connectivity index (χ1n) is 27.8. The SMILES string of the molecule is C=C(CCCOCC(=O)O)c1cccc(C(=O)NCCN(CCCN(CCNC(=O)c2cccc(C(=O)CCCOC)c2O)CCNC(=O)c2cccc(C(=O)CCCOC)c2O)CCNC(=O)c2cccc(C(=O)CCCOC)c2O)c1O. The summed E-state index contributed by atoms with van der Waals surface area (Å²) in [5, 5.41) is 64.3. The molecule has 0 atom stereocenters. The van der Waals surface area contributed by atoms with Crippen LogP contribution in [0.4, 0.5) is 0 Å². The number of amides is 4. The van der Waals surface area contributed by atoms with Gasteiger partial charge in [0.2, 0.25) is 0 Å². The van der Waals surface area contributed by atoms with Crippen LogP contribution in [0.5, 0.6) is 23.0 Å². The van der Waals surface area contributed by atoms with Crippen molar-refractivity contribution in [3.63, 3.8) is 0 Å².